The van der Waals surface area contributed by atoms with E-state index in [0.29, 0.717) is 12.1 Å². The average Bonchev–Trinajstić information content (AvgIpc) is 2.43. The van der Waals surface area contributed by atoms with Crippen LogP contribution in [-0.4, -0.2) is 31.3 Å². The molecule has 1 aromatic carbocycles. The smallest absolute Gasteiger partial charge is 0.407 e. The molecule has 0 aliphatic rings. The van der Waals surface area contributed by atoms with E-state index in [0.717, 1.165) is 5.56 Å². The molecule has 0 aliphatic carbocycles. The number of hydrogen-bond donors (Lipinski definition) is 1. The third kappa shape index (κ3) is 5.39. The van der Waals surface area contributed by atoms with E-state index in [-0.39, 0.29) is 11.4 Å². The molecular weight excluding hydrogens is 282 g/mol. The van der Waals surface area contributed by atoms with Crippen molar-refractivity contribution in [2.45, 2.75) is 45.6 Å². The molecule has 5 heteroatoms. The summed E-state index contributed by atoms with van der Waals surface area (Å²) in [6, 6.07) is 7.20. The summed E-state index contributed by atoms with van der Waals surface area (Å²) in [7, 11) is 1.35. The minimum atomic E-state index is -0.529. The first kappa shape index (κ1) is 18.0. The molecule has 0 spiro atoms. The highest BCUT2D eigenvalue weighted by Crippen LogP contribution is 2.23. The van der Waals surface area contributed by atoms with E-state index in [2.05, 4.69) is 5.32 Å². The van der Waals surface area contributed by atoms with Crippen LogP contribution in [0.3, 0.4) is 0 Å². The standard InChI is InChI=1S/C17H25NO4/c1-16(2,3)22-15(20)18-11-17(4,5)13-9-7-8-12(10-13)14(19)21-6/h7-10H,11H2,1-6H3,(H,18,20). The monoisotopic (exact) mass is 307 g/mol. The minimum Gasteiger partial charge on any atom is -0.465 e. The highest BCUT2D eigenvalue weighted by Gasteiger charge is 2.24. The van der Waals surface area contributed by atoms with E-state index in [1.165, 1.54) is 7.11 Å². The van der Waals surface area contributed by atoms with Gasteiger partial charge in [0.15, 0.2) is 0 Å². The van der Waals surface area contributed by atoms with Crippen LogP contribution < -0.4 is 5.32 Å². The number of carbonyl (C=O) groups excluding carboxylic acids is 2. The Hall–Kier alpha value is -2.04. The largest absolute Gasteiger partial charge is 0.465 e. The molecule has 0 aromatic heterocycles. The molecule has 0 aliphatic heterocycles. The van der Waals surface area contributed by atoms with Crippen LogP contribution in [0.4, 0.5) is 4.79 Å². The first-order valence-electron chi connectivity index (χ1n) is 7.21. The van der Waals surface area contributed by atoms with E-state index in [4.69, 9.17) is 9.47 Å². The molecule has 0 bridgehead atoms. The summed E-state index contributed by atoms with van der Waals surface area (Å²) in [5, 5.41) is 2.76. The molecule has 1 aromatic rings. The number of carbonyl (C=O) groups is 2. The molecule has 1 N–H and O–H groups in total. The van der Waals surface area contributed by atoms with E-state index >= 15 is 0 Å². The number of methoxy groups -OCH3 is 1. The van der Waals surface area contributed by atoms with Crippen molar-refractivity contribution in [3.8, 4) is 0 Å². The van der Waals surface area contributed by atoms with Crippen molar-refractivity contribution in [2.24, 2.45) is 0 Å². The van der Waals surface area contributed by atoms with Crippen molar-refractivity contribution < 1.29 is 19.1 Å². The molecule has 5 nitrogen and oxygen atoms in total. The second-order valence-electron chi connectivity index (χ2n) is 6.81. The SMILES string of the molecule is COC(=O)c1cccc(C(C)(C)CNC(=O)OC(C)(C)C)c1. The van der Waals surface area contributed by atoms with Gasteiger partial charge in [0.05, 0.1) is 12.7 Å². The van der Waals surface area contributed by atoms with Crippen LogP contribution in [0, 0.1) is 0 Å². The van der Waals surface area contributed by atoms with Crippen LogP contribution in [0.25, 0.3) is 0 Å². The third-order valence-corrected chi connectivity index (χ3v) is 3.14. The lowest BCUT2D eigenvalue weighted by Crippen LogP contribution is -2.39. The van der Waals surface area contributed by atoms with Crippen molar-refractivity contribution in [2.75, 3.05) is 13.7 Å². The van der Waals surface area contributed by atoms with Crippen LogP contribution in [-0.2, 0) is 14.9 Å². The molecule has 1 amide bonds. The van der Waals surface area contributed by atoms with Crippen molar-refractivity contribution >= 4 is 12.1 Å². The number of amides is 1. The number of nitrogens with one attached hydrogen (secondary N) is 1. The predicted octanol–water partition coefficient (Wildman–Crippen LogP) is 3.28. The van der Waals surface area contributed by atoms with Crippen molar-refractivity contribution in [1.29, 1.82) is 0 Å². The van der Waals surface area contributed by atoms with Gasteiger partial charge in [-0.05, 0) is 38.5 Å². The average molecular weight is 307 g/mol. The van der Waals surface area contributed by atoms with Crippen LogP contribution >= 0.6 is 0 Å². The fourth-order valence-electron chi connectivity index (χ4n) is 1.89. The Morgan fingerprint density at radius 3 is 2.32 bits per heavy atom. The van der Waals surface area contributed by atoms with Crippen LogP contribution in [0.2, 0.25) is 0 Å². The molecule has 0 atom stereocenters. The maximum absolute atomic E-state index is 11.8. The number of hydrogen-bond acceptors (Lipinski definition) is 4. The molecule has 0 fully saturated rings. The van der Waals surface area contributed by atoms with Crippen molar-refractivity contribution in [3.63, 3.8) is 0 Å². The zero-order chi connectivity index (χ0) is 17.0. The molecule has 22 heavy (non-hydrogen) atoms. The summed E-state index contributed by atoms with van der Waals surface area (Å²) in [4.78, 5) is 23.4. The third-order valence-electron chi connectivity index (χ3n) is 3.14. The molecule has 0 saturated carbocycles. The molecule has 1 rings (SSSR count). The lowest BCUT2D eigenvalue weighted by molar-refractivity contribution is 0.0515. The normalized spacial score (nSPS) is 11.7. The van der Waals surface area contributed by atoms with Gasteiger partial charge < -0.3 is 14.8 Å². The Morgan fingerprint density at radius 2 is 1.77 bits per heavy atom. The van der Waals surface area contributed by atoms with E-state index in [1.807, 2.05) is 40.7 Å². The number of esters is 1. The van der Waals surface area contributed by atoms with Gasteiger partial charge in [-0.1, -0.05) is 26.0 Å². The quantitative estimate of drug-likeness (QED) is 0.867. The molecule has 0 radical (unpaired) electrons. The Labute approximate surface area is 132 Å². The van der Waals surface area contributed by atoms with Crippen LogP contribution in [0.1, 0.15) is 50.5 Å². The van der Waals surface area contributed by atoms with E-state index in [1.54, 1.807) is 18.2 Å². The summed E-state index contributed by atoms with van der Waals surface area (Å²) in [6.45, 7) is 9.82. The Balaban J connectivity index is 2.78. The minimum absolute atomic E-state index is 0.346. The summed E-state index contributed by atoms with van der Waals surface area (Å²) in [5.41, 5.74) is 0.553. The number of ether oxygens (including phenoxy) is 2. The Kier molecular flexibility index (Phi) is 5.58. The molecular formula is C17H25NO4. The molecule has 0 unspecified atom stereocenters. The summed E-state index contributed by atoms with van der Waals surface area (Å²) in [6.07, 6.45) is -0.454. The number of alkyl carbamates (subject to hydrolysis) is 1. The van der Waals surface area contributed by atoms with Gasteiger partial charge in [0.2, 0.25) is 0 Å². The number of rotatable bonds is 4. The van der Waals surface area contributed by atoms with Gasteiger partial charge >= 0.3 is 12.1 Å². The zero-order valence-electron chi connectivity index (χ0n) is 14.1. The topological polar surface area (TPSA) is 64.6 Å². The van der Waals surface area contributed by atoms with Gasteiger partial charge in [0.1, 0.15) is 5.60 Å². The zero-order valence-corrected chi connectivity index (χ0v) is 14.1. The second-order valence-corrected chi connectivity index (χ2v) is 6.81. The second kappa shape index (κ2) is 6.81. The predicted molar refractivity (Wildman–Crippen MR) is 85.0 cm³/mol. The maximum atomic E-state index is 11.8. The van der Waals surface area contributed by atoms with Gasteiger partial charge in [0.25, 0.3) is 0 Å². The summed E-state index contributed by atoms with van der Waals surface area (Å²) < 4.78 is 9.95. The summed E-state index contributed by atoms with van der Waals surface area (Å²) in [5.74, 6) is -0.377. The highest BCUT2D eigenvalue weighted by molar-refractivity contribution is 5.89. The molecule has 0 saturated heterocycles. The summed E-state index contributed by atoms with van der Waals surface area (Å²) >= 11 is 0. The fraction of sp³-hybridized carbons (Fsp3) is 0.529. The van der Waals surface area contributed by atoms with E-state index < -0.39 is 11.7 Å². The van der Waals surface area contributed by atoms with Crippen molar-refractivity contribution in [3.05, 3.63) is 35.4 Å². The van der Waals surface area contributed by atoms with Crippen LogP contribution in [0.15, 0.2) is 24.3 Å². The fourth-order valence-corrected chi connectivity index (χ4v) is 1.89. The van der Waals surface area contributed by atoms with Gasteiger partial charge in [-0.15, -0.1) is 0 Å². The van der Waals surface area contributed by atoms with Gasteiger partial charge in [-0.3, -0.25) is 0 Å². The number of benzene rings is 1. The first-order valence-corrected chi connectivity index (χ1v) is 7.21. The molecule has 122 valence electrons. The maximum Gasteiger partial charge on any atom is 0.407 e. The van der Waals surface area contributed by atoms with Gasteiger partial charge in [0, 0.05) is 12.0 Å². The van der Waals surface area contributed by atoms with Gasteiger partial charge in [-0.25, -0.2) is 9.59 Å². The van der Waals surface area contributed by atoms with Crippen LogP contribution in [0.5, 0.6) is 0 Å². The molecule has 0 heterocycles. The lowest BCUT2D eigenvalue weighted by atomic mass is 9.84. The van der Waals surface area contributed by atoms with E-state index in [9.17, 15) is 9.59 Å². The van der Waals surface area contributed by atoms with Crippen molar-refractivity contribution in [1.82, 2.24) is 5.32 Å². The van der Waals surface area contributed by atoms with Gasteiger partial charge in [-0.2, -0.15) is 0 Å². The highest BCUT2D eigenvalue weighted by atomic mass is 16.6. The Morgan fingerprint density at radius 1 is 1.14 bits per heavy atom. The lowest BCUT2D eigenvalue weighted by Gasteiger charge is -2.27. The first-order chi connectivity index (χ1) is 10.0. The Bertz CT molecular complexity index is 544.